The number of anilines is 1. The number of halogens is 1. The Balaban J connectivity index is 2.30. The van der Waals surface area contributed by atoms with Gasteiger partial charge in [-0.05, 0) is 25.5 Å². The number of esters is 1. The predicted octanol–water partition coefficient (Wildman–Crippen LogP) is 2.50. The van der Waals surface area contributed by atoms with Crippen LogP contribution in [0, 0.1) is 5.82 Å². The molecule has 0 aliphatic carbocycles. The number of hydrogen-bond acceptors (Lipinski definition) is 3. The number of rotatable bonds is 6. The van der Waals surface area contributed by atoms with Gasteiger partial charge in [0.25, 0.3) is 0 Å². The lowest BCUT2D eigenvalue weighted by Gasteiger charge is -2.05. The first-order chi connectivity index (χ1) is 8.63. The molecule has 0 saturated heterocycles. The van der Waals surface area contributed by atoms with Crippen molar-refractivity contribution in [1.82, 2.24) is 0 Å². The van der Waals surface area contributed by atoms with Gasteiger partial charge >= 0.3 is 5.97 Å². The van der Waals surface area contributed by atoms with Crippen LogP contribution < -0.4 is 5.32 Å². The van der Waals surface area contributed by atoms with Gasteiger partial charge in [0.2, 0.25) is 5.91 Å². The summed E-state index contributed by atoms with van der Waals surface area (Å²) in [6, 6.07) is 5.94. The molecule has 0 aromatic heterocycles. The zero-order valence-electron chi connectivity index (χ0n) is 10.2. The highest BCUT2D eigenvalue weighted by atomic mass is 19.1. The molecular weight excluding hydrogens is 237 g/mol. The van der Waals surface area contributed by atoms with Crippen LogP contribution in [0.2, 0.25) is 0 Å². The van der Waals surface area contributed by atoms with E-state index < -0.39 is 5.82 Å². The third-order valence-corrected chi connectivity index (χ3v) is 2.24. The van der Waals surface area contributed by atoms with Crippen LogP contribution in [0.25, 0.3) is 0 Å². The van der Waals surface area contributed by atoms with Crippen molar-refractivity contribution < 1.29 is 18.7 Å². The van der Waals surface area contributed by atoms with Crippen LogP contribution in [-0.4, -0.2) is 18.5 Å². The lowest BCUT2D eigenvalue weighted by molar-refractivity contribution is -0.143. The maximum Gasteiger partial charge on any atom is 0.305 e. The number of para-hydroxylation sites is 1. The summed E-state index contributed by atoms with van der Waals surface area (Å²) in [5.74, 6) is -1.11. The number of nitrogens with one attached hydrogen (secondary N) is 1. The number of carbonyl (C=O) groups excluding carboxylic acids is 2. The quantitative estimate of drug-likeness (QED) is 0.792. The molecule has 1 aromatic rings. The van der Waals surface area contributed by atoms with Crippen LogP contribution in [0.1, 0.15) is 26.2 Å². The highest BCUT2D eigenvalue weighted by Crippen LogP contribution is 2.13. The average molecular weight is 253 g/mol. The Bertz CT molecular complexity index is 420. The van der Waals surface area contributed by atoms with Gasteiger partial charge in [0.1, 0.15) is 5.82 Å². The molecule has 1 N–H and O–H groups in total. The Morgan fingerprint density at radius 2 is 2.00 bits per heavy atom. The van der Waals surface area contributed by atoms with E-state index in [2.05, 4.69) is 5.32 Å². The first kappa shape index (κ1) is 14.2. The van der Waals surface area contributed by atoms with Crippen molar-refractivity contribution in [3.8, 4) is 0 Å². The number of benzene rings is 1. The monoisotopic (exact) mass is 253 g/mol. The molecule has 5 heteroatoms. The Hall–Kier alpha value is -1.91. The molecule has 0 aliphatic heterocycles. The summed E-state index contributed by atoms with van der Waals surface area (Å²) in [7, 11) is 0. The van der Waals surface area contributed by atoms with E-state index in [0.717, 1.165) is 0 Å². The fourth-order valence-electron chi connectivity index (χ4n) is 1.40. The SMILES string of the molecule is CCOC(=O)CCCC(=O)Nc1ccccc1F. The Morgan fingerprint density at radius 1 is 1.28 bits per heavy atom. The minimum absolute atomic E-state index is 0.152. The molecule has 1 rings (SSSR count). The molecule has 0 bridgehead atoms. The molecule has 0 unspecified atom stereocenters. The molecule has 1 aromatic carbocycles. The van der Waals surface area contributed by atoms with Crippen molar-refractivity contribution >= 4 is 17.6 Å². The molecule has 0 aliphatic rings. The minimum Gasteiger partial charge on any atom is -0.466 e. The van der Waals surface area contributed by atoms with Gasteiger partial charge in [0, 0.05) is 12.8 Å². The molecule has 0 radical (unpaired) electrons. The normalized spacial score (nSPS) is 9.89. The van der Waals surface area contributed by atoms with E-state index in [4.69, 9.17) is 4.74 Å². The molecule has 0 atom stereocenters. The average Bonchev–Trinajstić information content (AvgIpc) is 2.32. The molecule has 0 saturated carbocycles. The summed E-state index contributed by atoms with van der Waals surface area (Å²) < 4.78 is 17.9. The van der Waals surface area contributed by atoms with Gasteiger partial charge in [-0.3, -0.25) is 9.59 Å². The standard InChI is InChI=1S/C13H16FNO3/c1-2-18-13(17)9-5-8-12(16)15-11-7-4-3-6-10(11)14/h3-4,6-7H,2,5,8-9H2,1H3,(H,15,16). The van der Waals surface area contributed by atoms with Gasteiger partial charge in [-0.1, -0.05) is 12.1 Å². The maximum absolute atomic E-state index is 13.2. The molecule has 0 heterocycles. The number of carbonyl (C=O) groups is 2. The van der Waals surface area contributed by atoms with Gasteiger partial charge in [-0.2, -0.15) is 0 Å². The zero-order chi connectivity index (χ0) is 13.4. The van der Waals surface area contributed by atoms with Crippen molar-refractivity contribution in [2.75, 3.05) is 11.9 Å². The Kier molecular flexibility index (Phi) is 5.84. The van der Waals surface area contributed by atoms with E-state index in [-0.39, 0.29) is 30.4 Å². The third kappa shape index (κ3) is 4.95. The van der Waals surface area contributed by atoms with Gasteiger partial charge in [-0.25, -0.2) is 4.39 Å². The zero-order valence-corrected chi connectivity index (χ0v) is 10.2. The molecule has 4 nitrogen and oxygen atoms in total. The summed E-state index contributed by atoms with van der Waals surface area (Å²) in [4.78, 5) is 22.5. The summed E-state index contributed by atoms with van der Waals surface area (Å²) in [5, 5.41) is 2.45. The van der Waals surface area contributed by atoms with E-state index in [1.807, 2.05) is 0 Å². The molecular formula is C13H16FNO3. The molecule has 98 valence electrons. The van der Waals surface area contributed by atoms with Crippen LogP contribution in [0.5, 0.6) is 0 Å². The highest BCUT2D eigenvalue weighted by molar-refractivity contribution is 5.90. The highest BCUT2D eigenvalue weighted by Gasteiger charge is 2.08. The van der Waals surface area contributed by atoms with Crippen LogP contribution in [0.15, 0.2) is 24.3 Å². The molecule has 1 amide bonds. The van der Waals surface area contributed by atoms with Crippen molar-refractivity contribution in [3.05, 3.63) is 30.1 Å². The second kappa shape index (κ2) is 7.42. The van der Waals surface area contributed by atoms with Gasteiger partial charge < -0.3 is 10.1 Å². The smallest absolute Gasteiger partial charge is 0.305 e. The summed E-state index contributed by atoms with van der Waals surface area (Å²) >= 11 is 0. The van der Waals surface area contributed by atoms with Crippen molar-refractivity contribution in [3.63, 3.8) is 0 Å². The van der Waals surface area contributed by atoms with E-state index in [1.165, 1.54) is 12.1 Å². The van der Waals surface area contributed by atoms with Crippen LogP contribution >= 0.6 is 0 Å². The fourth-order valence-corrected chi connectivity index (χ4v) is 1.40. The topological polar surface area (TPSA) is 55.4 Å². The first-order valence-electron chi connectivity index (χ1n) is 5.83. The summed E-state index contributed by atoms with van der Waals surface area (Å²) in [6.45, 7) is 2.06. The lowest BCUT2D eigenvalue weighted by atomic mass is 10.2. The van der Waals surface area contributed by atoms with Crippen LogP contribution in [0.3, 0.4) is 0 Å². The van der Waals surface area contributed by atoms with Gasteiger partial charge in [-0.15, -0.1) is 0 Å². The van der Waals surface area contributed by atoms with Crippen molar-refractivity contribution in [1.29, 1.82) is 0 Å². The maximum atomic E-state index is 13.2. The second-order valence-corrected chi connectivity index (χ2v) is 3.69. The number of amides is 1. The number of hydrogen-bond donors (Lipinski definition) is 1. The molecule has 0 spiro atoms. The Morgan fingerprint density at radius 3 is 2.67 bits per heavy atom. The van der Waals surface area contributed by atoms with Crippen molar-refractivity contribution in [2.24, 2.45) is 0 Å². The van der Waals surface area contributed by atoms with Gasteiger partial charge in [0.05, 0.1) is 12.3 Å². The minimum atomic E-state index is -0.476. The van der Waals surface area contributed by atoms with E-state index in [9.17, 15) is 14.0 Å². The van der Waals surface area contributed by atoms with Crippen LogP contribution in [-0.2, 0) is 14.3 Å². The van der Waals surface area contributed by atoms with Crippen molar-refractivity contribution in [2.45, 2.75) is 26.2 Å². The Labute approximate surface area is 105 Å². The summed E-state index contributed by atoms with van der Waals surface area (Å²) in [5.41, 5.74) is 0.152. The largest absolute Gasteiger partial charge is 0.466 e. The van der Waals surface area contributed by atoms with E-state index >= 15 is 0 Å². The predicted molar refractivity (Wildman–Crippen MR) is 65.5 cm³/mol. The van der Waals surface area contributed by atoms with E-state index in [1.54, 1.807) is 19.1 Å². The van der Waals surface area contributed by atoms with Gasteiger partial charge in [0.15, 0.2) is 0 Å². The fraction of sp³-hybridized carbons (Fsp3) is 0.385. The lowest BCUT2D eigenvalue weighted by Crippen LogP contribution is -2.13. The second-order valence-electron chi connectivity index (χ2n) is 3.69. The number of ether oxygens (including phenoxy) is 1. The summed E-state index contributed by atoms with van der Waals surface area (Å²) in [6.07, 6.45) is 0.741. The van der Waals surface area contributed by atoms with Crippen LogP contribution in [0.4, 0.5) is 10.1 Å². The van der Waals surface area contributed by atoms with E-state index in [0.29, 0.717) is 13.0 Å². The molecule has 18 heavy (non-hydrogen) atoms. The first-order valence-corrected chi connectivity index (χ1v) is 5.83. The third-order valence-electron chi connectivity index (χ3n) is 2.24. The molecule has 0 fully saturated rings.